The molecule has 2 N–H and O–H groups in total. The number of hydrogen-bond acceptors (Lipinski definition) is 4. The summed E-state index contributed by atoms with van der Waals surface area (Å²) in [6.07, 6.45) is 3.03. The van der Waals surface area contributed by atoms with Crippen molar-refractivity contribution in [3.8, 4) is 0 Å². The van der Waals surface area contributed by atoms with E-state index in [4.69, 9.17) is 5.11 Å². The van der Waals surface area contributed by atoms with E-state index in [1.165, 1.54) is 6.33 Å². The lowest BCUT2D eigenvalue weighted by atomic mass is 10.0. The number of anilines is 1. The minimum atomic E-state index is -1.02. The van der Waals surface area contributed by atoms with Crippen LogP contribution in [0.4, 0.5) is 5.95 Å². The number of aliphatic carboxylic acids is 1. The van der Waals surface area contributed by atoms with E-state index < -0.39 is 5.97 Å². The van der Waals surface area contributed by atoms with Crippen LogP contribution in [0.5, 0.6) is 0 Å². The molecule has 1 aliphatic rings. The van der Waals surface area contributed by atoms with E-state index in [1.807, 2.05) is 25.1 Å². The second-order valence-corrected chi connectivity index (χ2v) is 5.35. The van der Waals surface area contributed by atoms with Crippen molar-refractivity contribution in [2.24, 2.45) is 0 Å². The molecule has 0 bridgehead atoms. The van der Waals surface area contributed by atoms with Crippen molar-refractivity contribution < 1.29 is 9.90 Å². The lowest BCUT2D eigenvalue weighted by molar-refractivity contribution is -0.132. The van der Waals surface area contributed by atoms with Crippen molar-refractivity contribution in [3.05, 3.63) is 51.9 Å². The van der Waals surface area contributed by atoms with Crippen LogP contribution in [0.15, 0.2) is 40.8 Å². The Labute approximate surface area is 123 Å². The Morgan fingerprint density at radius 3 is 3.00 bits per heavy atom. The van der Waals surface area contributed by atoms with Gasteiger partial charge in [0.05, 0.1) is 0 Å². The molecule has 0 amide bonds. The third-order valence-electron chi connectivity index (χ3n) is 3.18. The summed E-state index contributed by atoms with van der Waals surface area (Å²) in [5.41, 5.74) is 2.16. The molecule has 0 aliphatic carbocycles. The largest absolute Gasteiger partial charge is 0.477 e. The maximum Gasteiger partial charge on any atom is 0.352 e. The van der Waals surface area contributed by atoms with Gasteiger partial charge in [-0.3, -0.25) is 0 Å². The molecule has 102 valence electrons. The minimum absolute atomic E-state index is 0.104. The molecule has 7 heteroatoms. The van der Waals surface area contributed by atoms with Gasteiger partial charge in [-0.2, -0.15) is 10.1 Å². The van der Waals surface area contributed by atoms with Gasteiger partial charge in [0.1, 0.15) is 18.1 Å². The average Bonchev–Trinajstić information content (AvgIpc) is 2.89. The highest BCUT2D eigenvalue weighted by Gasteiger charge is 2.25. The molecular weight excluding hydrogens is 324 g/mol. The predicted octanol–water partition coefficient (Wildman–Crippen LogP) is 2.33. The van der Waals surface area contributed by atoms with Crippen molar-refractivity contribution in [2.45, 2.75) is 13.0 Å². The van der Waals surface area contributed by atoms with Crippen LogP contribution in [0.1, 0.15) is 17.2 Å². The van der Waals surface area contributed by atoms with Gasteiger partial charge in [0.2, 0.25) is 5.95 Å². The van der Waals surface area contributed by atoms with Crippen LogP contribution in [0, 0.1) is 6.92 Å². The van der Waals surface area contributed by atoms with Crippen LogP contribution in [-0.4, -0.2) is 25.8 Å². The quantitative estimate of drug-likeness (QED) is 0.881. The molecule has 1 aromatic carbocycles. The van der Waals surface area contributed by atoms with Gasteiger partial charge in [0.15, 0.2) is 0 Å². The average molecular weight is 335 g/mol. The number of carboxylic acid groups (broad SMARTS) is 1. The van der Waals surface area contributed by atoms with Crippen LogP contribution in [0.2, 0.25) is 0 Å². The number of carboxylic acids is 1. The molecule has 6 nitrogen and oxygen atoms in total. The number of aryl methyl sites for hydroxylation is 1. The second-order valence-electron chi connectivity index (χ2n) is 4.49. The Balaban J connectivity index is 2.11. The highest BCUT2D eigenvalue weighted by molar-refractivity contribution is 9.10. The van der Waals surface area contributed by atoms with Crippen LogP contribution in [0.25, 0.3) is 0 Å². The molecule has 0 unspecified atom stereocenters. The summed E-state index contributed by atoms with van der Waals surface area (Å²) >= 11 is 3.49. The van der Waals surface area contributed by atoms with Gasteiger partial charge in [-0.15, -0.1) is 0 Å². The summed E-state index contributed by atoms with van der Waals surface area (Å²) in [5.74, 6) is -0.595. The Hall–Kier alpha value is -2.15. The lowest BCUT2D eigenvalue weighted by Crippen LogP contribution is -2.24. The first kappa shape index (κ1) is 12.9. The number of benzene rings is 1. The molecular formula is C13H11BrN4O2. The zero-order valence-electron chi connectivity index (χ0n) is 10.5. The lowest BCUT2D eigenvalue weighted by Gasteiger charge is -2.22. The van der Waals surface area contributed by atoms with E-state index >= 15 is 0 Å². The molecule has 2 aromatic rings. The number of halogens is 1. The third-order valence-corrected chi connectivity index (χ3v) is 4.03. The summed E-state index contributed by atoms with van der Waals surface area (Å²) < 4.78 is 2.63. The van der Waals surface area contributed by atoms with Crippen LogP contribution in [0.3, 0.4) is 0 Å². The summed E-state index contributed by atoms with van der Waals surface area (Å²) in [4.78, 5) is 15.2. The number of carbonyl (C=O) groups is 1. The second kappa shape index (κ2) is 4.75. The highest BCUT2D eigenvalue weighted by atomic mass is 79.9. The smallest absolute Gasteiger partial charge is 0.352 e. The molecule has 20 heavy (non-hydrogen) atoms. The van der Waals surface area contributed by atoms with Crippen molar-refractivity contribution >= 4 is 27.8 Å². The standard InChI is InChI=1S/C13H11BrN4O2/c1-7-2-3-8(4-9(7)14)11-5-10(12(19)20)17-13-15-6-16-18(11)13/h2-6,11H,1H3,(H,19,20)(H,15,16,17)/t11-/m0/s1. The number of nitrogens with one attached hydrogen (secondary N) is 1. The van der Waals surface area contributed by atoms with E-state index in [1.54, 1.807) is 10.8 Å². The van der Waals surface area contributed by atoms with Crippen LogP contribution >= 0.6 is 15.9 Å². The third kappa shape index (κ3) is 2.09. The Morgan fingerprint density at radius 2 is 2.30 bits per heavy atom. The maximum absolute atomic E-state index is 11.2. The van der Waals surface area contributed by atoms with Crippen molar-refractivity contribution in [1.82, 2.24) is 14.8 Å². The molecule has 1 aliphatic heterocycles. The summed E-state index contributed by atoms with van der Waals surface area (Å²) in [5, 5.41) is 16.1. The summed E-state index contributed by atoms with van der Waals surface area (Å²) in [6.45, 7) is 2.00. The monoisotopic (exact) mass is 334 g/mol. The molecule has 2 heterocycles. The van der Waals surface area contributed by atoms with Gasteiger partial charge >= 0.3 is 5.97 Å². The van der Waals surface area contributed by atoms with E-state index in [0.717, 1.165) is 15.6 Å². The molecule has 0 spiro atoms. The number of allylic oxidation sites excluding steroid dienone is 1. The molecule has 3 rings (SSSR count). The molecule has 0 saturated carbocycles. The van der Waals surface area contributed by atoms with Gasteiger partial charge < -0.3 is 10.4 Å². The van der Waals surface area contributed by atoms with Gasteiger partial charge in [-0.05, 0) is 30.2 Å². The van der Waals surface area contributed by atoms with Crippen LogP contribution < -0.4 is 5.32 Å². The summed E-state index contributed by atoms with van der Waals surface area (Å²) in [7, 11) is 0. The zero-order chi connectivity index (χ0) is 14.3. The van der Waals surface area contributed by atoms with E-state index in [2.05, 4.69) is 31.3 Å². The number of rotatable bonds is 2. The first-order valence-corrected chi connectivity index (χ1v) is 6.73. The maximum atomic E-state index is 11.2. The molecule has 0 fully saturated rings. The van der Waals surface area contributed by atoms with Crippen molar-refractivity contribution in [2.75, 3.05) is 5.32 Å². The van der Waals surface area contributed by atoms with Crippen molar-refractivity contribution in [3.63, 3.8) is 0 Å². The van der Waals surface area contributed by atoms with E-state index in [9.17, 15) is 4.79 Å². The number of fused-ring (bicyclic) bond motifs is 1. The van der Waals surface area contributed by atoms with E-state index in [-0.39, 0.29) is 11.7 Å². The van der Waals surface area contributed by atoms with Gasteiger partial charge in [0, 0.05) is 4.47 Å². The molecule has 0 saturated heterocycles. The van der Waals surface area contributed by atoms with Crippen molar-refractivity contribution in [1.29, 1.82) is 0 Å². The highest BCUT2D eigenvalue weighted by Crippen LogP contribution is 2.30. The fourth-order valence-electron chi connectivity index (χ4n) is 2.09. The first-order chi connectivity index (χ1) is 9.56. The molecule has 1 atom stereocenters. The number of nitrogens with zero attached hydrogens (tertiary/aromatic N) is 3. The topological polar surface area (TPSA) is 80.0 Å². The first-order valence-electron chi connectivity index (χ1n) is 5.94. The Bertz CT molecular complexity index is 723. The molecule has 0 radical (unpaired) electrons. The fraction of sp³-hybridized carbons (Fsp3) is 0.154. The molecule has 1 aromatic heterocycles. The van der Waals surface area contributed by atoms with Crippen LogP contribution in [-0.2, 0) is 4.79 Å². The summed E-state index contributed by atoms with van der Waals surface area (Å²) in [6, 6.07) is 5.60. The van der Waals surface area contributed by atoms with Gasteiger partial charge in [0.25, 0.3) is 0 Å². The SMILES string of the molecule is Cc1ccc([C@@H]2C=C(C(=O)O)Nc3ncnn32)cc1Br. The predicted molar refractivity (Wildman–Crippen MR) is 76.4 cm³/mol. The normalized spacial score (nSPS) is 17.1. The van der Waals surface area contributed by atoms with E-state index in [0.29, 0.717) is 5.95 Å². The Kier molecular flexibility index (Phi) is 3.06. The Morgan fingerprint density at radius 1 is 1.50 bits per heavy atom. The number of hydrogen-bond donors (Lipinski definition) is 2. The number of aromatic nitrogens is 3. The van der Waals surface area contributed by atoms with Gasteiger partial charge in [-0.1, -0.05) is 28.1 Å². The zero-order valence-corrected chi connectivity index (χ0v) is 12.1. The fourth-order valence-corrected chi connectivity index (χ4v) is 2.49. The minimum Gasteiger partial charge on any atom is -0.477 e. The van der Waals surface area contributed by atoms with Gasteiger partial charge in [-0.25, -0.2) is 9.48 Å².